The van der Waals surface area contributed by atoms with Gasteiger partial charge >= 0.3 is 0 Å². The van der Waals surface area contributed by atoms with Gasteiger partial charge in [0.15, 0.2) is 11.4 Å². The second-order valence-corrected chi connectivity index (χ2v) is 8.48. The summed E-state index contributed by atoms with van der Waals surface area (Å²) in [6.45, 7) is 4.09. The maximum absolute atomic E-state index is 11.4. The third-order valence-corrected chi connectivity index (χ3v) is 5.50. The number of nitrogens with zero attached hydrogens (tertiary/aromatic N) is 3. The molecule has 0 saturated heterocycles. The van der Waals surface area contributed by atoms with Crippen molar-refractivity contribution in [1.82, 2.24) is 14.8 Å². The van der Waals surface area contributed by atoms with Crippen LogP contribution in [0.4, 0.5) is 11.4 Å². The predicted octanol–water partition coefficient (Wildman–Crippen LogP) is 5.66. The van der Waals surface area contributed by atoms with Crippen LogP contribution in [-0.4, -0.2) is 40.3 Å². The van der Waals surface area contributed by atoms with Crippen LogP contribution in [0.25, 0.3) is 10.9 Å². The number of carbonyl (C=O) groups excluding carboxylic acids is 1. The molecule has 188 valence electrons. The molecule has 0 fully saturated rings. The molecule has 0 aliphatic rings. The van der Waals surface area contributed by atoms with Crippen LogP contribution in [0.2, 0.25) is 5.02 Å². The fourth-order valence-electron chi connectivity index (χ4n) is 3.28. The van der Waals surface area contributed by atoms with Gasteiger partial charge in [0.1, 0.15) is 17.2 Å². The predicted molar refractivity (Wildman–Crippen MR) is 148 cm³/mol. The lowest BCUT2D eigenvalue weighted by Crippen LogP contribution is -2.19. The minimum absolute atomic E-state index is 0.253. The number of pyridine rings is 1. The number of halogens is 1. The first-order chi connectivity index (χ1) is 17.4. The van der Waals surface area contributed by atoms with Crippen LogP contribution in [0.1, 0.15) is 30.2 Å². The van der Waals surface area contributed by atoms with Gasteiger partial charge in [-0.3, -0.25) is 14.5 Å². The van der Waals surface area contributed by atoms with Crippen molar-refractivity contribution in [1.29, 1.82) is 0 Å². The number of ether oxygens (including phenoxy) is 2. The van der Waals surface area contributed by atoms with Gasteiger partial charge < -0.3 is 25.8 Å². The Hall–Kier alpha value is -3.73. The molecule has 0 aliphatic carbocycles. The van der Waals surface area contributed by atoms with Gasteiger partial charge in [0, 0.05) is 36.0 Å². The second kappa shape index (κ2) is 12.3. The van der Waals surface area contributed by atoms with Crippen LogP contribution in [0.5, 0.6) is 17.2 Å². The Bertz CT molecular complexity index is 1380. The topological polar surface area (TPSA) is 116 Å². The Kier molecular flexibility index (Phi) is 9.18. The van der Waals surface area contributed by atoms with Crippen molar-refractivity contribution >= 4 is 57.5 Å². The summed E-state index contributed by atoms with van der Waals surface area (Å²) >= 11 is 11.9. The summed E-state index contributed by atoms with van der Waals surface area (Å²) in [6.07, 6.45) is 5.94. The van der Waals surface area contributed by atoms with Gasteiger partial charge in [-0.1, -0.05) is 11.6 Å². The summed E-state index contributed by atoms with van der Waals surface area (Å²) in [5, 5.41) is 11.9. The number of fused-ring (bicyclic) bond motifs is 1. The van der Waals surface area contributed by atoms with Crippen LogP contribution in [0.3, 0.4) is 0 Å². The van der Waals surface area contributed by atoms with Crippen molar-refractivity contribution in [2.24, 2.45) is 5.73 Å². The number of aldehydes is 1. The number of nitrogens with two attached hydrogens (primary N) is 1. The number of benzene rings is 2. The number of anilines is 2. The zero-order valence-electron chi connectivity index (χ0n) is 20.3. The largest absolute Gasteiger partial charge is 0.496 e. The summed E-state index contributed by atoms with van der Waals surface area (Å²) in [7, 11) is 3.01. The Morgan fingerprint density at radius 2 is 1.94 bits per heavy atom. The molecular weight excluding hydrogens is 500 g/mol. The van der Waals surface area contributed by atoms with E-state index in [1.807, 2.05) is 24.7 Å². The molecule has 0 unspecified atom stereocenters. The number of nitrogens with one attached hydrogen (secondary N) is 2. The Morgan fingerprint density at radius 1 is 1.17 bits per heavy atom. The van der Waals surface area contributed by atoms with Crippen molar-refractivity contribution in [2.45, 2.75) is 19.9 Å². The summed E-state index contributed by atoms with van der Waals surface area (Å²) < 4.78 is 13.1. The molecule has 0 aliphatic heterocycles. The van der Waals surface area contributed by atoms with Gasteiger partial charge in [0.2, 0.25) is 0 Å². The number of carbonyl (C=O) groups is 1. The van der Waals surface area contributed by atoms with Gasteiger partial charge in [-0.15, -0.1) is 0 Å². The van der Waals surface area contributed by atoms with E-state index in [2.05, 4.69) is 26.4 Å². The first kappa shape index (κ1) is 26.9. The Morgan fingerprint density at radius 3 is 2.58 bits per heavy atom. The maximum Gasteiger partial charge on any atom is 0.175 e. The van der Waals surface area contributed by atoms with E-state index in [1.165, 1.54) is 14.2 Å². The summed E-state index contributed by atoms with van der Waals surface area (Å²) in [5.74, 6) is 1.50. The summed E-state index contributed by atoms with van der Waals surface area (Å²) in [6, 6.07) is 10.6. The number of hydrogen-bond acceptors (Lipinski definition) is 7. The van der Waals surface area contributed by atoms with Crippen molar-refractivity contribution in [2.75, 3.05) is 24.8 Å². The maximum atomic E-state index is 11.4. The molecule has 0 amide bonds. The standard InChI is InChI=1S/C24H22ClN5O3S.CH5N/c1-14(2)30-12-16(11-27-30)28-24(34)29-20-5-4-17(9-19(20)25)33-22-6-7-26-21-10-23(32-3)15(13-31)8-18(21)22;1-2/h4-14H,1-3H3,(H2,28,29,34);2H2,1H3. The quantitative estimate of drug-likeness (QED) is 0.207. The average Bonchev–Trinajstić information content (AvgIpc) is 3.35. The lowest BCUT2D eigenvalue weighted by atomic mass is 10.1. The monoisotopic (exact) mass is 526 g/mol. The van der Waals surface area contributed by atoms with E-state index in [0.717, 1.165) is 12.0 Å². The highest BCUT2D eigenvalue weighted by Gasteiger charge is 2.12. The first-order valence-corrected chi connectivity index (χ1v) is 11.8. The summed E-state index contributed by atoms with van der Waals surface area (Å²) in [5.41, 5.74) is 6.94. The highest BCUT2D eigenvalue weighted by atomic mass is 35.5. The van der Waals surface area contributed by atoms with E-state index in [9.17, 15) is 4.79 Å². The van der Waals surface area contributed by atoms with E-state index < -0.39 is 0 Å². The third-order valence-electron chi connectivity index (χ3n) is 4.99. The van der Waals surface area contributed by atoms with Gasteiger partial charge in [-0.2, -0.15) is 5.10 Å². The van der Waals surface area contributed by atoms with E-state index in [0.29, 0.717) is 49.5 Å². The average molecular weight is 527 g/mol. The van der Waals surface area contributed by atoms with Crippen LogP contribution < -0.4 is 25.8 Å². The van der Waals surface area contributed by atoms with E-state index in [-0.39, 0.29) is 6.04 Å². The number of aromatic nitrogens is 3. The normalized spacial score (nSPS) is 10.4. The molecule has 0 bridgehead atoms. The smallest absolute Gasteiger partial charge is 0.175 e. The van der Waals surface area contributed by atoms with Gasteiger partial charge in [0.05, 0.1) is 40.8 Å². The van der Waals surface area contributed by atoms with Gasteiger partial charge in [-0.25, -0.2) is 0 Å². The van der Waals surface area contributed by atoms with Crippen LogP contribution in [0, 0.1) is 0 Å². The fourth-order valence-corrected chi connectivity index (χ4v) is 3.73. The molecule has 0 atom stereocenters. The van der Waals surface area contributed by atoms with Crippen LogP contribution in [0.15, 0.2) is 55.0 Å². The minimum atomic E-state index is 0.253. The zero-order chi connectivity index (χ0) is 26.2. The number of methoxy groups -OCH3 is 1. The Balaban J connectivity index is 0.00000176. The Labute approximate surface area is 219 Å². The van der Waals surface area contributed by atoms with Crippen molar-refractivity contribution < 1.29 is 14.3 Å². The lowest BCUT2D eigenvalue weighted by Gasteiger charge is -2.13. The second-order valence-electron chi connectivity index (χ2n) is 7.66. The summed E-state index contributed by atoms with van der Waals surface area (Å²) in [4.78, 5) is 15.8. The molecule has 0 saturated carbocycles. The number of thiocarbonyl (C=S) groups is 1. The third kappa shape index (κ3) is 6.28. The van der Waals surface area contributed by atoms with Crippen LogP contribution >= 0.6 is 23.8 Å². The molecule has 2 aromatic carbocycles. The molecule has 2 aromatic heterocycles. The molecule has 0 spiro atoms. The highest BCUT2D eigenvalue weighted by molar-refractivity contribution is 7.80. The SMILES string of the molecule is CN.COc1cc2nccc(Oc3ccc(NC(=S)Nc4cnn(C(C)C)c4)c(Cl)c3)c2cc1C=O. The fraction of sp³-hybridized carbons (Fsp3) is 0.200. The van der Waals surface area contributed by atoms with Crippen molar-refractivity contribution in [3.63, 3.8) is 0 Å². The zero-order valence-corrected chi connectivity index (χ0v) is 21.9. The molecule has 4 N–H and O–H groups in total. The highest BCUT2D eigenvalue weighted by Crippen LogP contribution is 2.35. The van der Waals surface area contributed by atoms with Crippen molar-refractivity contribution in [3.8, 4) is 17.2 Å². The molecule has 4 aromatic rings. The molecule has 2 heterocycles. The number of rotatable bonds is 7. The van der Waals surface area contributed by atoms with Gasteiger partial charge in [-0.05, 0) is 57.4 Å². The van der Waals surface area contributed by atoms with Crippen molar-refractivity contribution in [3.05, 3.63) is 65.6 Å². The first-order valence-electron chi connectivity index (χ1n) is 11.0. The van der Waals surface area contributed by atoms with E-state index >= 15 is 0 Å². The molecule has 36 heavy (non-hydrogen) atoms. The van der Waals surface area contributed by atoms with Gasteiger partial charge in [0.25, 0.3) is 0 Å². The molecule has 4 rings (SSSR count). The van der Waals surface area contributed by atoms with E-state index in [4.69, 9.17) is 33.3 Å². The molecule has 9 nitrogen and oxygen atoms in total. The van der Waals surface area contributed by atoms with E-state index in [1.54, 1.807) is 48.8 Å². The van der Waals surface area contributed by atoms with Crippen LogP contribution in [-0.2, 0) is 0 Å². The minimum Gasteiger partial charge on any atom is -0.496 e. The lowest BCUT2D eigenvalue weighted by molar-refractivity contribution is 0.112. The molecular formula is C25H27ClN6O3S. The molecule has 0 radical (unpaired) electrons. The number of hydrogen-bond donors (Lipinski definition) is 3. The molecule has 11 heteroatoms.